The summed E-state index contributed by atoms with van der Waals surface area (Å²) < 4.78 is 4.49. The van der Waals surface area contributed by atoms with Crippen LogP contribution in [0.3, 0.4) is 0 Å². The van der Waals surface area contributed by atoms with Gasteiger partial charge in [-0.1, -0.05) is 6.08 Å². The Morgan fingerprint density at radius 3 is 2.83 bits per heavy atom. The topological polar surface area (TPSA) is 38.7 Å². The molecular formula is C9H15NO2. The lowest BCUT2D eigenvalue weighted by Gasteiger charge is -1.98. The van der Waals surface area contributed by atoms with Crippen LogP contribution in [0.4, 0.5) is 0 Å². The molecule has 3 nitrogen and oxygen atoms in total. The quantitative estimate of drug-likeness (QED) is 0.271. The van der Waals surface area contributed by atoms with Gasteiger partial charge in [-0.05, 0) is 13.3 Å². The van der Waals surface area contributed by atoms with Gasteiger partial charge in [-0.3, -0.25) is 9.79 Å². The van der Waals surface area contributed by atoms with Crippen molar-refractivity contribution < 1.29 is 9.53 Å². The van der Waals surface area contributed by atoms with Gasteiger partial charge in [-0.2, -0.15) is 0 Å². The van der Waals surface area contributed by atoms with Crippen LogP contribution in [0.1, 0.15) is 19.8 Å². The van der Waals surface area contributed by atoms with Gasteiger partial charge < -0.3 is 4.74 Å². The van der Waals surface area contributed by atoms with E-state index in [1.807, 2.05) is 6.92 Å². The normalized spacial score (nSPS) is 11.0. The molecule has 0 aromatic carbocycles. The molecule has 0 heterocycles. The average molecular weight is 169 g/mol. The van der Waals surface area contributed by atoms with Crippen LogP contribution in [0, 0.1) is 0 Å². The summed E-state index contributed by atoms with van der Waals surface area (Å²) in [6.45, 7) is 6.09. The molecule has 12 heavy (non-hydrogen) atoms. The van der Waals surface area contributed by atoms with Gasteiger partial charge in [0.1, 0.15) is 0 Å². The Labute approximate surface area is 73.1 Å². The molecule has 0 radical (unpaired) electrons. The Kier molecular flexibility index (Phi) is 5.97. The number of esters is 1. The molecule has 0 spiro atoms. The lowest BCUT2D eigenvalue weighted by molar-refractivity contribution is -0.139. The lowest BCUT2D eigenvalue weighted by Crippen LogP contribution is -2.06. The third kappa shape index (κ3) is 5.65. The van der Waals surface area contributed by atoms with Gasteiger partial charge in [0.05, 0.1) is 13.5 Å². The van der Waals surface area contributed by atoms with Crippen molar-refractivity contribution in [3.8, 4) is 0 Å². The number of hydrogen-bond acceptors (Lipinski definition) is 3. The maximum atomic E-state index is 10.7. The van der Waals surface area contributed by atoms with Gasteiger partial charge in [0.2, 0.25) is 0 Å². The van der Waals surface area contributed by atoms with E-state index in [0.29, 0.717) is 6.54 Å². The van der Waals surface area contributed by atoms with Gasteiger partial charge in [0.25, 0.3) is 0 Å². The van der Waals surface area contributed by atoms with E-state index in [2.05, 4.69) is 16.3 Å². The zero-order valence-electron chi connectivity index (χ0n) is 7.67. The van der Waals surface area contributed by atoms with Crippen molar-refractivity contribution in [1.29, 1.82) is 0 Å². The molecule has 0 fully saturated rings. The molecule has 0 amide bonds. The van der Waals surface area contributed by atoms with Crippen molar-refractivity contribution in [2.45, 2.75) is 19.8 Å². The van der Waals surface area contributed by atoms with E-state index >= 15 is 0 Å². The van der Waals surface area contributed by atoms with E-state index in [4.69, 9.17) is 0 Å². The summed E-state index contributed by atoms with van der Waals surface area (Å²) in [5.74, 6) is -0.241. The SMILES string of the molecule is C=CCCN=C(C)CC(=O)OC. The zero-order valence-corrected chi connectivity index (χ0v) is 7.67. The van der Waals surface area contributed by atoms with Crippen molar-refractivity contribution >= 4 is 11.7 Å². The van der Waals surface area contributed by atoms with Crippen LogP contribution in [0.2, 0.25) is 0 Å². The summed E-state index contributed by atoms with van der Waals surface area (Å²) in [5, 5.41) is 0. The van der Waals surface area contributed by atoms with Crippen LogP contribution in [0.15, 0.2) is 17.6 Å². The number of carbonyl (C=O) groups is 1. The summed E-state index contributed by atoms with van der Waals surface area (Å²) in [6.07, 6.45) is 2.93. The van der Waals surface area contributed by atoms with Crippen molar-refractivity contribution in [2.24, 2.45) is 4.99 Å². The molecule has 3 heteroatoms. The number of aliphatic imine (C=N–C) groups is 1. The van der Waals surface area contributed by atoms with Crippen molar-refractivity contribution in [3.05, 3.63) is 12.7 Å². The maximum absolute atomic E-state index is 10.7. The van der Waals surface area contributed by atoms with Gasteiger partial charge >= 0.3 is 5.97 Å². The minimum absolute atomic E-state index is 0.241. The highest BCUT2D eigenvalue weighted by molar-refractivity contribution is 5.97. The summed E-state index contributed by atoms with van der Waals surface area (Å²) in [6, 6.07) is 0. The molecule has 0 aliphatic rings. The first kappa shape index (κ1) is 10.9. The molecule has 0 aliphatic heterocycles. The molecule has 0 aliphatic carbocycles. The fraction of sp³-hybridized carbons (Fsp3) is 0.556. The van der Waals surface area contributed by atoms with Crippen molar-refractivity contribution in [2.75, 3.05) is 13.7 Å². The molecule has 68 valence electrons. The maximum Gasteiger partial charge on any atom is 0.311 e. The van der Waals surface area contributed by atoms with Crippen LogP contribution in [0.5, 0.6) is 0 Å². The highest BCUT2D eigenvalue weighted by Gasteiger charge is 2.00. The van der Waals surface area contributed by atoms with E-state index in [0.717, 1.165) is 12.1 Å². The summed E-state index contributed by atoms with van der Waals surface area (Å²) in [5.41, 5.74) is 0.809. The van der Waals surface area contributed by atoms with Crippen molar-refractivity contribution in [1.82, 2.24) is 0 Å². The minimum atomic E-state index is -0.241. The van der Waals surface area contributed by atoms with E-state index in [1.54, 1.807) is 6.08 Å². The predicted octanol–water partition coefficient (Wildman–Crippen LogP) is 1.59. The smallest absolute Gasteiger partial charge is 0.311 e. The Morgan fingerprint density at radius 1 is 1.67 bits per heavy atom. The minimum Gasteiger partial charge on any atom is -0.469 e. The highest BCUT2D eigenvalue weighted by Crippen LogP contribution is 1.91. The monoisotopic (exact) mass is 169 g/mol. The first-order chi connectivity index (χ1) is 5.70. The molecular weight excluding hydrogens is 154 g/mol. The highest BCUT2D eigenvalue weighted by atomic mass is 16.5. The Hall–Kier alpha value is -1.12. The predicted molar refractivity (Wildman–Crippen MR) is 49.4 cm³/mol. The second-order valence-electron chi connectivity index (χ2n) is 2.45. The van der Waals surface area contributed by atoms with E-state index in [1.165, 1.54) is 7.11 Å². The largest absolute Gasteiger partial charge is 0.469 e. The number of rotatable bonds is 5. The standard InChI is InChI=1S/C9H15NO2/c1-4-5-6-10-8(2)7-9(11)12-3/h4H,1,5-7H2,2-3H3. The third-order valence-electron chi connectivity index (χ3n) is 1.34. The number of hydrogen-bond donors (Lipinski definition) is 0. The fourth-order valence-electron chi connectivity index (χ4n) is 0.684. The lowest BCUT2D eigenvalue weighted by atomic mass is 10.3. The number of nitrogens with zero attached hydrogens (tertiary/aromatic N) is 1. The van der Waals surface area contributed by atoms with Crippen molar-refractivity contribution in [3.63, 3.8) is 0 Å². The van der Waals surface area contributed by atoms with Gasteiger partial charge in [-0.15, -0.1) is 6.58 Å². The zero-order chi connectivity index (χ0) is 9.40. The summed E-state index contributed by atoms with van der Waals surface area (Å²) >= 11 is 0. The average Bonchev–Trinajstić information content (AvgIpc) is 2.05. The van der Waals surface area contributed by atoms with E-state index < -0.39 is 0 Å². The van der Waals surface area contributed by atoms with E-state index in [-0.39, 0.29) is 12.4 Å². The van der Waals surface area contributed by atoms with E-state index in [9.17, 15) is 4.79 Å². The Balaban J connectivity index is 3.69. The Bertz CT molecular complexity index is 185. The molecule has 0 atom stereocenters. The molecule has 0 aromatic rings. The molecule has 0 rings (SSSR count). The second-order valence-corrected chi connectivity index (χ2v) is 2.45. The number of carbonyl (C=O) groups excluding carboxylic acids is 1. The molecule has 0 unspecified atom stereocenters. The molecule has 0 aromatic heterocycles. The molecule has 0 bridgehead atoms. The number of methoxy groups -OCH3 is 1. The summed E-state index contributed by atoms with van der Waals surface area (Å²) in [4.78, 5) is 14.9. The fourth-order valence-corrected chi connectivity index (χ4v) is 0.684. The molecule has 0 N–H and O–H groups in total. The first-order valence-electron chi connectivity index (χ1n) is 3.88. The van der Waals surface area contributed by atoms with Crippen LogP contribution >= 0.6 is 0 Å². The number of ether oxygens (including phenoxy) is 1. The van der Waals surface area contributed by atoms with Gasteiger partial charge in [-0.25, -0.2) is 0 Å². The molecule has 0 saturated heterocycles. The third-order valence-corrected chi connectivity index (χ3v) is 1.34. The van der Waals surface area contributed by atoms with Gasteiger partial charge in [0.15, 0.2) is 0 Å². The van der Waals surface area contributed by atoms with Crippen LogP contribution in [-0.2, 0) is 9.53 Å². The molecule has 0 saturated carbocycles. The van der Waals surface area contributed by atoms with Crippen LogP contribution in [-0.4, -0.2) is 25.3 Å². The van der Waals surface area contributed by atoms with Gasteiger partial charge in [0, 0.05) is 12.3 Å². The summed E-state index contributed by atoms with van der Waals surface area (Å²) in [7, 11) is 1.37. The second kappa shape index (κ2) is 6.58. The van der Waals surface area contributed by atoms with Crippen LogP contribution in [0.25, 0.3) is 0 Å². The Morgan fingerprint density at radius 2 is 2.33 bits per heavy atom. The van der Waals surface area contributed by atoms with Crippen LogP contribution < -0.4 is 0 Å². The first-order valence-corrected chi connectivity index (χ1v) is 3.88.